The van der Waals surface area contributed by atoms with E-state index in [1.54, 1.807) is 34.9 Å². The fourth-order valence-corrected chi connectivity index (χ4v) is 4.35. The Morgan fingerprint density at radius 2 is 1.75 bits per heavy atom. The van der Waals surface area contributed by atoms with E-state index in [1.807, 2.05) is 60.9 Å². The minimum absolute atomic E-state index is 0.103. The Morgan fingerprint density at radius 1 is 1.04 bits per heavy atom. The van der Waals surface area contributed by atoms with Gasteiger partial charge in [-0.25, -0.2) is 0 Å². The third-order valence-electron chi connectivity index (χ3n) is 3.17. The second kappa shape index (κ2) is 8.32. The lowest BCUT2D eigenvalue weighted by Gasteiger charge is -2.06. The summed E-state index contributed by atoms with van der Waals surface area (Å²) in [6.45, 7) is 0. The van der Waals surface area contributed by atoms with Crippen molar-refractivity contribution in [3.05, 3.63) is 65.7 Å². The van der Waals surface area contributed by atoms with E-state index in [-0.39, 0.29) is 5.91 Å². The Balaban J connectivity index is 1.57. The molecule has 7 heteroatoms. The normalized spacial score (nSPS) is 10.5. The molecule has 1 amide bonds. The van der Waals surface area contributed by atoms with Crippen molar-refractivity contribution in [1.82, 2.24) is 10.2 Å². The van der Waals surface area contributed by atoms with E-state index in [2.05, 4.69) is 15.5 Å². The first-order valence-corrected chi connectivity index (χ1v) is 10.2. The number of hydrogen-bond donors (Lipinski definition) is 1. The highest BCUT2D eigenvalue weighted by molar-refractivity contribution is 8.02. The average molecular weight is 374 g/mol. The van der Waals surface area contributed by atoms with Crippen LogP contribution in [0.2, 0.25) is 0 Å². The van der Waals surface area contributed by atoms with E-state index in [0.717, 1.165) is 25.7 Å². The predicted octanol–water partition coefficient (Wildman–Crippen LogP) is 4.80. The molecule has 3 aromatic rings. The zero-order chi connectivity index (χ0) is 16.8. The molecule has 0 aliphatic heterocycles. The summed E-state index contributed by atoms with van der Waals surface area (Å²) in [5.41, 5.74) is 2.59. The van der Waals surface area contributed by atoms with Crippen LogP contribution in [0.15, 0.2) is 63.3 Å². The number of nitrogens with zero attached hydrogens (tertiary/aromatic N) is 2. The molecule has 0 fully saturated rings. The molecule has 3 rings (SSSR count). The third kappa shape index (κ3) is 4.59. The highest BCUT2D eigenvalue weighted by Crippen LogP contribution is 2.29. The molecule has 1 N–H and O–H groups in total. The van der Waals surface area contributed by atoms with Gasteiger partial charge in [-0.3, -0.25) is 4.79 Å². The van der Waals surface area contributed by atoms with Crippen molar-refractivity contribution in [2.75, 3.05) is 11.6 Å². The molecule has 0 unspecified atom stereocenters. The number of benzene rings is 2. The molecule has 0 radical (unpaired) electrons. The fraction of sp³-hybridized carbons (Fsp3) is 0.118. The molecule has 122 valence electrons. The summed E-state index contributed by atoms with van der Waals surface area (Å²) in [7, 11) is 0. The number of carbonyl (C=O) groups is 1. The number of anilines is 1. The van der Waals surface area contributed by atoms with Crippen LogP contribution in [0.1, 0.15) is 15.9 Å². The Bertz CT molecular complexity index is 803. The van der Waals surface area contributed by atoms with Gasteiger partial charge in [0.05, 0.1) is 0 Å². The molecule has 0 atom stereocenters. The Kier molecular flexibility index (Phi) is 5.90. The molecule has 24 heavy (non-hydrogen) atoms. The van der Waals surface area contributed by atoms with Gasteiger partial charge in [-0.2, -0.15) is 0 Å². The van der Waals surface area contributed by atoms with Gasteiger partial charge in [-0.05, 0) is 36.1 Å². The second-order valence-corrected chi connectivity index (χ2v) is 8.10. The van der Waals surface area contributed by atoms with Crippen LogP contribution in [0.5, 0.6) is 0 Å². The van der Waals surface area contributed by atoms with Gasteiger partial charge >= 0.3 is 0 Å². The highest BCUT2D eigenvalue weighted by Gasteiger charge is 2.07. The molecule has 0 aliphatic carbocycles. The molecule has 0 bridgehead atoms. The maximum absolute atomic E-state index is 12.2. The Hall–Kier alpha value is -1.83. The lowest BCUT2D eigenvalue weighted by atomic mass is 10.1. The van der Waals surface area contributed by atoms with E-state index >= 15 is 0 Å². The van der Waals surface area contributed by atoms with Gasteiger partial charge in [0, 0.05) is 17.0 Å². The van der Waals surface area contributed by atoms with Gasteiger partial charge in [-0.15, -0.1) is 10.2 Å². The van der Waals surface area contributed by atoms with E-state index in [1.165, 1.54) is 0 Å². The van der Waals surface area contributed by atoms with Crippen LogP contribution >= 0.6 is 34.9 Å². The molecule has 0 saturated carbocycles. The van der Waals surface area contributed by atoms with Gasteiger partial charge in [0.15, 0.2) is 8.68 Å². The largest absolute Gasteiger partial charge is 0.322 e. The van der Waals surface area contributed by atoms with E-state index in [4.69, 9.17) is 0 Å². The van der Waals surface area contributed by atoms with E-state index in [9.17, 15) is 4.79 Å². The van der Waals surface area contributed by atoms with Crippen LogP contribution in [-0.2, 0) is 5.75 Å². The minimum Gasteiger partial charge on any atom is -0.322 e. The molecular formula is C17H15N3OS3. The first-order valence-electron chi connectivity index (χ1n) is 7.20. The van der Waals surface area contributed by atoms with Crippen molar-refractivity contribution in [3.63, 3.8) is 0 Å². The molecular weight excluding hydrogens is 358 g/mol. The van der Waals surface area contributed by atoms with Gasteiger partial charge in [0.2, 0.25) is 0 Å². The zero-order valence-corrected chi connectivity index (χ0v) is 15.4. The quantitative estimate of drug-likeness (QED) is 0.629. The summed E-state index contributed by atoms with van der Waals surface area (Å²) in [6.07, 6.45) is 1.99. The van der Waals surface area contributed by atoms with Gasteiger partial charge < -0.3 is 5.32 Å². The number of rotatable bonds is 6. The molecule has 1 aromatic heterocycles. The van der Waals surface area contributed by atoms with Crippen LogP contribution in [0, 0.1) is 0 Å². The maximum Gasteiger partial charge on any atom is 0.255 e. The lowest BCUT2D eigenvalue weighted by molar-refractivity contribution is 0.102. The van der Waals surface area contributed by atoms with Crippen molar-refractivity contribution in [2.24, 2.45) is 0 Å². The summed E-state index contributed by atoms with van der Waals surface area (Å²) in [5.74, 6) is 0.706. The molecule has 0 spiro atoms. The van der Waals surface area contributed by atoms with Crippen molar-refractivity contribution in [3.8, 4) is 0 Å². The number of thioether (sulfide) groups is 2. The van der Waals surface area contributed by atoms with Crippen molar-refractivity contribution < 1.29 is 4.79 Å². The van der Waals surface area contributed by atoms with E-state index in [0.29, 0.717) is 5.56 Å². The van der Waals surface area contributed by atoms with Crippen molar-refractivity contribution in [1.29, 1.82) is 0 Å². The second-order valence-electron chi connectivity index (χ2n) is 4.84. The van der Waals surface area contributed by atoms with Crippen LogP contribution in [-0.4, -0.2) is 22.4 Å². The van der Waals surface area contributed by atoms with Gasteiger partial charge in [0.1, 0.15) is 0 Å². The van der Waals surface area contributed by atoms with Crippen molar-refractivity contribution in [2.45, 2.75) is 14.4 Å². The minimum atomic E-state index is -0.103. The third-order valence-corrected chi connectivity index (χ3v) is 6.28. The van der Waals surface area contributed by atoms with E-state index < -0.39 is 0 Å². The van der Waals surface area contributed by atoms with Crippen molar-refractivity contribution >= 4 is 46.5 Å². The van der Waals surface area contributed by atoms with Crippen LogP contribution in [0.3, 0.4) is 0 Å². The first kappa shape index (κ1) is 17.0. The molecule has 1 heterocycles. The Morgan fingerprint density at radius 3 is 2.42 bits per heavy atom. The first-order chi connectivity index (χ1) is 11.7. The maximum atomic E-state index is 12.2. The van der Waals surface area contributed by atoms with Gasteiger partial charge in [0.25, 0.3) is 5.91 Å². The fourth-order valence-electron chi connectivity index (χ4n) is 1.96. The lowest BCUT2D eigenvalue weighted by Crippen LogP contribution is -2.11. The van der Waals surface area contributed by atoms with Gasteiger partial charge in [-0.1, -0.05) is 65.2 Å². The predicted molar refractivity (Wildman–Crippen MR) is 102 cm³/mol. The number of hydrogen-bond acceptors (Lipinski definition) is 6. The van der Waals surface area contributed by atoms with Crippen LogP contribution in [0.25, 0.3) is 0 Å². The summed E-state index contributed by atoms with van der Waals surface area (Å²) in [4.78, 5) is 12.2. The van der Waals surface area contributed by atoms with Crippen LogP contribution < -0.4 is 5.32 Å². The SMILES string of the molecule is CSc1nnc(SCc2ccc(C(=O)Nc3ccccc3)cc2)s1. The zero-order valence-electron chi connectivity index (χ0n) is 12.9. The smallest absolute Gasteiger partial charge is 0.255 e. The summed E-state index contributed by atoms with van der Waals surface area (Å²) in [6, 6.07) is 17.1. The topological polar surface area (TPSA) is 54.9 Å². The number of carbonyl (C=O) groups excluding carboxylic acids is 1. The summed E-state index contributed by atoms with van der Waals surface area (Å²) in [5, 5.41) is 11.1. The monoisotopic (exact) mass is 373 g/mol. The molecule has 4 nitrogen and oxygen atoms in total. The Labute approximate surface area is 153 Å². The summed E-state index contributed by atoms with van der Waals surface area (Å²) >= 11 is 4.86. The number of para-hydroxylation sites is 1. The number of amides is 1. The highest BCUT2D eigenvalue weighted by atomic mass is 32.2. The number of aromatic nitrogens is 2. The molecule has 0 aliphatic rings. The summed E-state index contributed by atoms with van der Waals surface area (Å²) < 4.78 is 1.94. The number of nitrogens with one attached hydrogen (secondary N) is 1. The molecule has 2 aromatic carbocycles. The molecule has 0 saturated heterocycles. The standard InChI is InChI=1S/C17H15N3OS3/c1-22-16-19-20-17(24-16)23-11-12-7-9-13(10-8-12)15(21)18-14-5-3-2-4-6-14/h2-10H,11H2,1H3,(H,18,21). The average Bonchev–Trinajstić information content (AvgIpc) is 3.09. The van der Waals surface area contributed by atoms with Crippen LogP contribution in [0.4, 0.5) is 5.69 Å².